The van der Waals surface area contributed by atoms with Crippen LogP contribution in [0.3, 0.4) is 0 Å². The first-order valence-corrected chi connectivity index (χ1v) is 21.7. The van der Waals surface area contributed by atoms with Gasteiger partial charge in [0, 0.05) is 38.2 Å². The minimum atomic E-state index is -1.03. The van der Waals surface area contributed by atoms with Gasteiger partial charge in [-0.25, -0.2) is 9.59 Å². The summed E-state index contributed by atoms with van der Waals surface area (Å²) in [6.45, 7) is 16.6. The topological polar surface area (TPSA) is 263 Å². The number of esters is 1. The molecule has 1 aromatic carbocycles. The molecule has 19 nitrogen and oxygen atoms in total. The normalized spacial score (nSPS) is 15.1. The summed E-state index contributed by atoms with van der Waals surface area (Å²) in [5, 5.41) is 13.4. The highest BCUT2D eigenvalue weighted by molar-refractivity contribution is 6.04. The number of rotatable bonds is 27. The first-order valence-electron chi connectivity index (χ1n) is 21.7. The van der Waals surface area contributed by atoms with Crippen LogP contribution in [0.4, 0.5) is 15.3 Å². The molecule has 0 bridgehead atoms. The molecule has 2 rings (SSSR count). The largest absolute Gasteiger partial charge is 0.463 e. The number of alkyl carbamates (subject to hydrolysis) is 1. The van der Waals surface area contributed by atoms with Crippen molar-refractivity contribution in [3.8, 4) is 0 Å². The number of imide groups is 1. The Morgan fingerprint density at radius 3 is 2.03 bits per heavy atom. The summed E-state index contributed by atoms with van der Waals surface area (Å²) in [6.07, 6.45) is 1.80. The molecular formula is C44H71N7O12. The van der Waals surface area contributed by atoms with E-state index in [1.165, 1.54) is 4.90 Å². The van der Waals surface area contributed by atoms with Crippen molar-refractivity contribution in [3.63, 3.8) is 0 Å². The molecule has 8 amide bonds. The lowest BCUT2D eigenvalue weighted by Crippen LogP contribution is -2.54. The standard InChI is InChI=1S/C44H71N7O12/c1-29(2)36(50-34(52)14-10-9-11-21-51-35(53)27-32(39(51)56)43(3,4)5)38(55)49-33(13-12-19-46-41(45)58)37(54)48-31-17-15-30(16-18-31)28-63-42(59)47-20-22-60-23-24-61-25-26-62-40(57)44(6,7)8/h15-18,29,32-33,36H,9-14,19-28H2,1-8H3,(H,47,59)(H,48,54)(H,49,55)(H,50,52)(H3,45,46,58)/t32?,33-,36?/m1/s1. The number of nitrogens with one attached hydrogen (secondary N) is 5. The Kier molecular flexibility index (Phi) is 23.1. The van der Waals surface area contributed by atoms with Crippen LogP contribution < -0.4 is 32.3 Å². The second-order valence-corrected chi connectivity index (χ2v) is 17.9. The molecule has 1 fully saturated rings. The van der Waals surface area contributed by atoms with Crippen LogP contribution in [0.5, 0.6) is 0 Å². The molecule has 0 aliphatic carbocycles. The minimum absolute atomic E-state index is 0.0406. The number of benzene rings is 1. The molecule has 63 heavy (non-hydrogen) atoms. The van der Waals surface area contributed by atoms with Crippen LogP contribution in [0, 0.1) is 22.7 Å². The van der Waals surface area contributed by atoms with Crippen LogP contribution in [-0.2, 0) is 54.3 Å². The Balaban J connectivity index is 1.80. The molecule has 0 spiro atoms. The third-order valence-electron chi connectivity index (χ3n) is 9.99. The fourth-order valence-corrected chi connectivity index (χ4v) is 6.23. The second-order valence-electron chi connectivity index (χ2n) is 17.9. The van der Waals surface area contributed by atoms with Crippen LogP contribution in [0.1, 0.15) is 106 Å². The van der Waals surface area contributed by atoms with Crippen LogP contribution in [0.25, 0.3) is 0 Å². The molecule has 1 aliphatic rings. The molecule has 0 saturated carbocycles. The number of carbonyl (C=O) groups excluding carboxylic acids is 8. The predicted molar refractivity (Wildman–Crippen MR) is 234 cm³/mol. The zero-order chi connectivity index (χ0) is 47.2. The van der Waals surface area contributed by atoms with Crippen molar-refractivity contribution < 1.29 is 57.3 Å². The number of nitrogens with zero attached hydrogens (tertiary/aromatic N) is 1. The lowest BCUT2D eigenvalue weighted by atomic mass is 9.80. The van der Waals surface area contributed by atoms with E-state index in [0.717, 1.165) is 0 Å². The molecule has 19 heteroatoms. The molecule has 2 unspecified atom stereocenters. The van der Waals surface area contributed by atoms with Crippen LogP contribution in [0.2, 0.25) is 0 Å². The number of ether oxygens (including phenoxy) is 4. The fraction of sp³-hybridized carbons (Fsp3) is 0.682. The number of amides is 8. The summed E-state index contributed by atoms with van der Waals surface area (Å²) in [5.41, 5.74) is 5.37. The molecular weight excluding hydrogens is 819 g/mol. The Bertz CT molecular complexity index is 1670. The highest BCUT2D eigenvalue weighted by atomic mass is 16.6. The molecule has 1 heterocycles. The van der Waals surface area contributed by atoms with E-state index >= 15 is 0 Å². The first-order chi connectivity index (χ1) is 29.6. The first kappa shape index (κ1) is 53.8. The monoisotopic (exact) mass is 890 g/mol. The van der Waals surface area contributed by atoms with E-state index in [4.69, 9.17) is 24.7 Å². The van der Waals surface area contributed by atoms with Crippen molar-refractivity contribution in [1.29, 1.82) is 0 Å². The fourth-order valence-electron chi connectivity index (χ4n) is 6.23. The Morgan fingerprint density at radius 2 is 1.43 bits per heavy atom. The smallest absolute Gasteiger partial charge is 0.407 e. The quantitative estimate of drug-likeness (QED) is 0.0421. The molecule has 0 radical (unpaired) electrons. The molecule has 0 aromatic heterocycles. The third-order valence-corrected chi connectivity index (χ3v) is 9.99. The second kappa shape index (κ2) is 27.0. The van der Waals surface area contributed by atoms with Crippen LogP contribution >= 0.6 is 0 Å². The van der Waals surface area contributed by atoms with Crippen LogP contribution in [-0.4, -0.2) is 117 Å². The number of carbonyl (C=O) groups is 8. The maximum atomic E-state index is 13.5. The number of unbranched alkanes of at least 4 members (excludes halogenated alkanes) is 2. The van der Waals surface area contributed by atoms with Crippen molar-refractivity contribution in [3.05, 3.63) is 29.8 Å². The van der Waals surface area contributed by atoms with Gasteiger partial charge < -0.3 is 51.3 Å². The number of urea groups is 1. The van der Waals surface area contributed by atoms with E-state index < -0.39 is 41.4 Å². The van der Waals surface area contributed by atoms with E-state index in [-0.39, 0.29) is 99.7 Å². The van der Waals surface area contributed by atoms with Gasteiger partial charge in [0.25, 0.3) is 0 Å². The minimum Gasteiger partial charge on any atom is -0.463 e. The molecule has 3 atom stereocenters. The summed E-state index contributed by atoms with van der Waals surface area (Å²) < 4.78 is 21.2. The summed E-state index contributed by atoms with van der Waals surface area (Å²) in [4.78, 5) is 102. The highest BCUT2D eigenvalue weighted by Gasteiger charge is 2.44. The van der Waals surface area contributed by atoms with Gasteiger partial charge in [0.2, 0.25) is 29.5 Å². The highest BCUT2D eigenvalue weighted by Crippen LogP contribution is 2.35. The van der Waals surface area contributed by atoms with E-state index in [2.05, 4.69) is 26.6 Å². The molecule has 1 saturated heterocycles. The van der Waals surface area contributed by atoms with Crippen molar-refractivity contribution in [1.82, 2.24) is 26.2 Å². The maximum absolute atomic E-state index is 13.5. The maximum Gasteiger partial charge on any atom is 0.407 e. The summed E-state index contributed by atoms with van der Waals surface area (Å²) >= 11 is 0. The molecule has 7 N–H and O–H groups in total. The SMILES string of the molecule is CC(C)C(NC(=O)CCCCCN1C(=O)CC(C(C)(C)C)C1=O)C(=O)N[C@H](CCCNC(N)=O)C(=O)Nc1ccc(COC(=O)NCCOCCOCCOC(=O)C(C)(C)C)cc1. The number of anilines is 1. The van der Waals surface area contributed by atoms with Crippen LogP contribution in [0.15, 0.2) is 24.3 Å². The van der Waals surface area contributed by atoms with Gasteiger partial charge in [-0.15, -0.1) is 0 Å². The Hall–Kier alpha value is -5.30. The predicted octanol–water partition coefficient (Wildman–Crippen LogP) is 3.53. The zero-order valence-electron chi connectivity index (χ0n) is 38.4. The summed E-state index contributed by atoms with van der Waals surface area (Å²) in [7, 11) is 0. The van der Waals surface area contributed by atoms with Gasteiger partial charge in [0.05, 0.1) is 37.8 Å². The number of hydrogen-bond acceptors (Lipinski definition) is 12. The van der Waals surface area contributed by atoms with Gasteiger partial charge in [-0.05, 0) is 75.5 Å². The molecule has 1 aliphatic heterocycles. The van der Waals surface area contributed by atoms with Gasteiger partial charge in [0.15, 0.2) is 0 Å². The van der Waals surface area contributed by atoms with E-state index in [1.807, 2.05) is 20.8 Å². The van der Waals surface area contributed by atoms with Gasteiger partial charge in [-0.3, -0.25) is 33.7 Å². The third kappa shape index (κ3) is 21.1. The number of hydrogen-bond donors (Lipinski definition) is 6. The van der Waals surface area contributed by atoms with Crippen molar-refractivity contribution >= 4 is 53.3 Å². The van der Waals surface area contributed by atoms with E-state index in [9.17, 15) is 38.4 Å². The van der Waals surface area contributed by atoms with Crippen molar-refractivity contribution in [2.75, 3.05) is 58.0 Å². The number of likely N-dealkylation sites (tertiary alicyclic amines) is 1. The average molecular weight is 890 g/mol. The lowest BCUT2D eigenvalue weighted by Gasteiger charge is -2.25. The van der Waals surface area contributed by atoms with E-state index in [1.54, 1.807) is 58.9 Å². The lowest BCUT2D eigenvalue weighted by molar-refractivity contribution is -0.154. The summed E-state index contributed by atoms with van der Waals surface area (Å²) in [6, 6.07) is 3.86. The zero-order valence-corrected chi connectivity index (χ0v) is 38.4. The summed E-state index contributed by atoms with van der Waals surface area (Å²) in [5.74, 6) is -2.71. The van der Waals surface area contributed by atoms with Crippen molar-refractivity contribution in [2.45, 2.75) is 119 Å². The molecule has 1 aromatic rings. The number of primary amides is 1. The average Bonchev–Trinajstić information content (AvgIpc) is 3.49. The van der Waals surface area contributed by atoms with Gasteiger partial charge in [-0.2, -0.15) is 0 Å². The molecule has 354 valence electrons. The number of nitrogens with two attached hydrogens (primary N) is 1. The van der Waals surface area contributed by atoms with Gasteiger partial charge in [-0.1, -0.05) is 53.2 Å². The van der Waals surface area contributed by atoms with Gasteiger partial charge in [0.1, 0.15) is 25.3 Å². The Morgan fingerprint density at radius 1 is 0.778 bits per heavy atom. The van der Waals surface area contributed by atoms with Crippen molar-refractivity contribution in [2.24, 2.45) is 28.4 Å². The Labute approximate surface area is 371 Å². The van der Waals surface area contributed by atoms with Gasteiger partial charge >= 0.3 is 18.1 Å². The van der Waals surface area contributed by atoms with E-state index in [0.29, 0.717) is 56.7 Å².